The van der Waals surface area contributed by atoms with Crippen molar-refractivity contribution >= 4 is 11.6 Å². The van der Waals surface area contributed by atoms with Gasteiger partial charge in [-0.2, -0.15) is 0 Å². The van der Waals surface area contributed by atoms with Crippen LogP contribution in [0.15, 0.2) is 24.3 Å². The molecule has 0 unspecified atom stereocenters. The summed E-state index contributed by atoms with van der Waals surface area (Å²) in [5.41, 5.74) is 1.26. The van der Waals surface area contributed by atoms with Crippen LogP contribution in [0.3, 0.4) is 0 Å². The predicted molar refractivity (Wildman–Crippen MR) is 67.4 cm³/mol. The van der Waals surface area contributed by atoms with Gasteiger partial charge in [0.25, 0.3) is 0 Å². The van der Waals surface area contributed by atoms with Crippen molar-refractivity contribution in [2.75, 3.05) is 0 Å². The molecule has 1 rings (SSSR count). The van der Waals surface area contributed by atoms with Gasteiger partial charge in [-0.25, -0.2) is 0 Å². The van der Waals surface area contributed by atoms with E-state index >= 15 is 0 Å². The van der Waals surface area contributed by atoms with Crippen LogP contribution < -0.4 is 5.32 Å². The molecule has 0 radical (unpaired) electrons. The molecule has 0 aliphatic rings. The first-order valence-corrected chi connectivity index (χ1v) is 6.06. The zero-order valence-corrected chi connectivity index (χ0v) is 10.5. The third-order valence-electron chi connectivity index (χ3n) is 2.82. The van der Waals surface area contributed by atoms with Gasteiger partial charge in [0, 0.05) is 17.1 Å². The average molecular weight is 226 g/mol. The fourth-order valence-corrected chi connectivity index (χ4v) is 1.95. The molecular formula is C13H20ClN. The van der Waals surface area contributed by atoms with Gasteiger partial charge in [-0.15, -0.1) is 0 Å². The first kappa shape index (κ1) is 12.5. The second-order valence-corrected chi connectivity index (χ2v) is 4.39. The maximum absolute atomic E-state index is 5.97. The molecule has 0 fully saturated rings. The van der Waals surface area contributed by atoms with E-state index in [9.17, 15) is 0 Å². The molecule has 1 N–H and O–H groups in total. The molecule has 0 bridgehead atoms. The molecule has 2 heteroatoms. The minimum absolute atomic E-state index is 0.369. The van der Waals surface area contributed by atoms with Gasteiger partial charge in [-0.3, -0.25) is 0 Å². The second kappa shape index (κ2) is 6.14. The summed E-state index contributed by atoms with van der Waals surface area (Å²) in [6, 6.07) is 9.03. The van der Waals surface area contributed by atoms with E-state index in [2.05, 4.69) is 32.2 Å². The highest BCUT2D eigenvalue weighted by molar-refractivity contribution is 6.30. The number of benzene rings is 1. The Labute approximate surface area is 97.8 Å². The van der Waals surface area contributed by atoms with Crippen molar-refractivity contribution in [2.45, 2.75) is 45.7 Å². The smallest absolute Gasteiger partial charge is 0.0409 e. The molecule has 0 aliphatic heterocycles. The van der Waals surface area contributed by atoms with Crippen LogP contribution in [-0.2, 0) is 0 Å². The van der Waals surface area contributed by atoms with Crippen LogP contribution in [0.5, 0.6) is 0 Å². The normalized spacial score (nSPS) is 13.1. The summed E-state index contributed by atoms with van der Waals surface area (Å²) in [6.07, 6.45) is 2.34. The quantitative estimate of drug-likeness (QED) is 0.793. The first-order chi connectivity index (χ1) is 7.17. The molecule has 0 heterocycles. The van der Waals surface area contributed by atoms with Crippen molar-refractivity contribution < 1.29 is 0 Å². The molecule has 1 aromatic rings. The van der Waals surface area contributed by atoms with Crippen molar-refractivity contribution in [3.8, 4) is 0 Å². The van der Waals surface area contributed by atoms with Crippen molar-refractivity contribution in [1.29, 1.82) is 0 Å². The molecule has 0 aliphatic carbocycles. The monoisotopic (exact) mass is 225 g/mol. The summed E-state index contributed by atoms with van der Waals surface area (Å²) in [5.74, 6) is 0. The highest BCUT2D eigenvalue weighted by Crippen LogP contribution is 2.18. The Morgan fingerprint density at radius 1 is 1.27 bits per heavy atom. The van der Waals surface area contributed by atoms with Gasteiger partial charge >= 0.3 is 0 Å². The third-order valence-corrected chi connectivity index (χ3v) is 3.06. The van der Waals surface area contributed by atoms with Crippen LogP contribution in [0.25, 0.3) is 0 Å². The van der Waals surface area contributed by atoms with Gasteiger partial charge in [0.05, 0.1) is 0 Å². The average Bonchev–Trinajstić information content (AvgIpc) is 2.25. The van der Waals surface area contributed by atoms with Crippen LogP contribution in [0.2, 0.25) is 5.02 Å². The van der Waals surface area contributed by atoms with E-state index in [0.717, 1.165) is 5.02 Å². The molecule has 0 aromatic heterocycles. The highest BCUT2D eigenvalue weighted by atomic mass is 35.5. The van der Waals surface area contributed by atoms with Crippen molar-refractivity contribution in [3.63, 3.8) is 0 Å². The number of halogens is 1. The molecule has 0 saturated carbocycles. The molecule has 0 amide bonds. The fourth-order valence-electron chi connectivity index (χ4n) is 1.75. The maximum Gasteiger partial charge on any atom is 0.0409 e. The summed E-state index contributed by atoms with van der Waals surface area (Å²) in [5, 5.41) is 4.41. The van der Waals surface area contributed by atoms with E-state index in [1.807, 2.05) is 18.2 Å². The van der Waals surface area contributed by atoms with Gasteiger partial charge in [-0.05, 0) is 37.5 Å². The van der Waals surface area contributed by atoms with Crippen LogP contribution >= 0.6 is 11.6 Å². The van der Waals surface area contributed by atoms with Crippen LogP contribution in [0.1, 0.15) is 45.2 Å². The van der Waals surface area contributed by atoms with Crippen molar-refractivity contribution in [1.82, 2.24) is 5.32 Å². The third kappa shape index (κ3) is 3.84. The Bertz CT molecular complexity index is 294. The number of hydrogen-bond acceptors (Lipinski definition) is 1. The summed E-state index contributed by atoms with van der Waals surface area (Å²) in [4.78, 5) is 0. The zero-order chi connectivity index (χ0) is 11.3. The summed E-state index contributed by atoms with van der Waals surface area (Å²) in [7, 11) is 0. The van der Waals surface area contributed by atoms with Crippen LogP contribution in [-0.4, -0.2) is 6.04 Å². The van der Waals surface area contributed by atoms with E-state index in [1.54, 1.807) is 0 Å². The highest BCUT2D eigenvalue weighted by Gasteiger charge is 2.09. The van der Waals surface area contributed by atoms with E-state index < -0.39 is 0 Å². The fraction of sp³-hybridized carbons (Fsp3) is 0.538. The predicted octanol–water partition coefficient (Wildman–Crippen LogP) is 4.18. The Morgan fingerprint density at radius 3 is 2.47 bits per heavy atom. The van der Waals surface area contributed by atoms with Crippen molar-refractivity contribution in [3.05, 3.63) is 34.9 Å². The second-order valence-electron chi connectivity index (χ2n) is 3.96. The summed E-state index contributed by atoms with van der Waals surface area (Å²) in [6.45, 7) is 6.61. The lowest BCUT2D eigenvalue weighted by Crippen LogP contribution is -2.30. The minimum atomic E-state index is 0.369. The lowest BCUT2D eigenvalue weighted by molar-refractivity contribution is 0.432. The van der Waals surface area contributed by atoms with E-state index in [1.165, 1.54) is 18.4 Å². The lowest BCUT2D eigenvalue weighted by atomic mass is 10.1. The molecule has 1 atom stereocenters. The SMILES string of the molecule is CCC(CC)N[C@H](C)c1cccc(Cl)c1. The van der Waals surface area contributed by atoms with E-state index in [0.29, 0.717) is 12.1 Å². The van der Waals surface area contributed by atoms with Crippen LogP contribution in [0.4, 0.5) is 0 Å². The van der Waals surface area contributed by atoms with Gasteiger partial charge in [0.1, 0.15) is 0 Å². The lowest BCUT2D eigenvalue weighted by Gasteiger charge is -2.21. The molecule has 0 spiro atoms. The molecular weight excluding hydrogens is 206 g/mol. The van der Waals surface area contributed by atoms with Gasteiger partial charge in [0.15, 0.2) is 0 Å². The first-order valence-electron chi connectivity index (χ1n) is 5.68. The van der Waals surface area contributed by atoms with E-state index in [-0.39, 0.29) is 0 Å². The van der Waals surface area contributed by atoms with Crippen molar-refractivity contribution in [2.24, 2.45) is 0 Å². The maximum atomic E-state index is 5.97. The largest absolute Gasteiger partial charge is 0.307 e. The summed E-state index contributed by atoms with van der Waals surface area (Å²) < 4.78 is 0. The Morgan fingerprint density at radius 2 is 1.93 bits per heavy atom. The number of nitrogens with one attached hydrogen (secondary N) is 1. The van der Waals surface area contributed by atoms with Gasteiger partial charge < -0.3 is 5.32 Å². The topological polar surface area (TPSA) is 12.0 Å². The molecule has 15 heavy (non-hydrogen) atoms. The van der Waals surface area contributed by atoms with Crippen LogP contribution in [0, 0.1) is 0 Å². The van der Waals surface area contributed by atoms with E-state index in [4.69, 9.17) is 11.6 Å². The van der Waals surface area contributed by atoms with Gasteiger partial charge in [0.2, 0.25) is 0 Å². The zero-order valence-electron chi connectivity index (χ0n) is 9.76. The minimum Gasteiger partial charge on any atom is -0.307 e. The Kier molecular flexibility index (Phi) is 5.13. The Hall–Kier alpha value is -0.530. The molecule has 1 aromatic carbocycles. The number of hydrogen-bond donors (Lipinski definition) is 1. The van der Waals surface area contributed by atoms with Gasteiger partial charge in [-0.1, -0.05) is 37.6 Å². The number of rotatable bonds is 5. The summed E-state index contributed by atoms with van der Waals surface area (Å²) >= 11 is 5.97. The standard InChI is InChI=1S/C13H20ClN/c1-4-13(5-2)15-10(3)11-7-6-8-12(14)9-11/h6-10,13,15H,4-5H2,1-3H3/t10-/m1/s1. The molecule has 0 saturated heterocycles. The molecule has 84 valence electrons. The Balaban J connectivity index is 2.64. The molecule has 1 nitrogen and oxygen atoms in total.